The highest BCUT2D eigenvalue weighted by Gasteiger charge is 2.38. The van der Waals surface area contributed by atoms with Crippen molar-refractivity contribution in [3.63, 3.8) is 0 Å². The number of aromatic nitrogens is 4. The second-order valence-electron chi connectivity index (χ2n) is 9.07. The van der Waals surface area contributed by atoms with Crippen molar-refractivity contribution >= 4 is 34.4 Å². The molecule has 0 radical (unpaired) electrons. The van der Waals surface area contributed by atoms with E-state index in [-0.39, 0.29) is 23.7 Å². The Morgan fingerprint density at radius 1 is 1.16 bits per heavy atom. The summed E-state index contributed by atoms with van der Waals surface area (Å²) in [6.07, 6.45) is 4.57. The lowest BCUT2D eigenvalue weighted by Gasteiger charge is -2.24. The Kier molecular flexibility index (Phi) is 7.43. The minimum atomic E-state index is -0.543. The van der Waals surface area contributed by atoms with Gasteiger partial charge in [0.25, 0.3) is 0 Å². The summed E-state index contributed by atoms with van der Waals surface area (Å²) in [5, 5.41) is 12.9. The molecule has 0 bridgehead atoms. The first kappa shape index (κ1) is 24.9. The van der Waals surface area contributed by atoms with Gasteiger partial charge in [0.15, 0.2) is 5.69 Å². The third-order valence-electron chi connectivity index (χ3n) is 6.65. The molecule has 0 aliphatic carbocycles. The second kappa shape index (κ2) is 11.1. The number of likely N-dealkylation sites (tertiary alicyclic amines) is 1. The highest BCUT2D eigenvalue weighted by atomic mass is 35.5. The molecule has 9 nitrogen and oxygen atoms in total. The van der Waals surface area contributed by atoms with Crippen LogP contribution in [-0.2, 0) is 22.5 Å². The molecule has 2 aromatic carbocycles. The van der Waals surface area contributed by atoms with Crippen molar-refractivity contribution < 1.29 is 14.3 Å². The van der Waals surface area contributed by atoms with Crippen LogP contribution in [0.1, 0.15) is 34.1 Å². The van der Waals surface area contributed by atoms with Crippen molar-refractivity contribution in [2.75, 3.05) is 20.2 Å². The molecule has 1 amide bonds. The van der Waals surface area contributed by atoms with Crippen LogP contribution >= 0.6 is 11.6 Å². The van der Waals surface area contributed by atoms with Crippen molar-refractivity contribution in [1.29, 1.82) is 0 Å². The highest BCUT2D eigenvalue weighted by molar-refractivity contribution is 6.30. The van der Waals surface area contributed by atoms with Gasteiger partial charge in [-0.2, -0.15) is 0 Å². The van der Waals surface area contributed by atoms with Crippen molar-refractivity contribution in [2.45, 2.75) is 31.5 Å². The predicted octanol–water partition coefficient (Wildman–Crippen LogP) is 3.44. The van der Waals surface area contributed by atoms with E-state index in [0.717, 1.165) is 22.0 Å². The first-order valence-corrected chi connectivity index (χ1v) is 12.5. The maximum atomic E-state index is 13.4. The third kappa shape index (κ3) is 5.63. The van der Waals surface area contributed by atoms with Crippen molar-refractivity contribution in [1.82, 2.24) is 30.2 Å². The standard InChI is InChI=1S/C27H27ClN6O3/c1-37-27(36)23-17-34(32-31-23)22-14-24(26(35)30-12-10-18-5-2-9-21(28)13-18)33(16-22)15-20-7-3-6-19-8-4-11-29-25(19)20/h2-9,11,13,17,22,24H,10,12,14-16H2,1H3,(H,30,35)/t22-,24+/m1/s1. The summed E-state index contributed by atoms with van der Waals surface area (Å²) in [5.74, 6) is -0.593. The summed E-state index contributed by atoms with van der Waals surface area (Å²) >= 11 is 6.09. The number of ether oxygens (including phenoxy) is 1. The molecule has 2 atom stereocenters. The van der Waals surface area contributed by atoms with E-state index < -0.39 is 5.97 Å². The summed E-state index contributed by atoms with van der Waals surface area (Å²) in [5.41, 5.74) is 3.17. The van der Waals surface area contributed by atoms with Gasteiger partial charge >= 0.3 is 5.97 Å². The number of para-hydroxylation sites is 1. The van der Waals surface area contributed by atoms with Crippen LogP contribution < -0.4 is 5.32 Å². The number of carbonyl (C=O) groups is 2. The van der Waals surface area contributed by atoms with Gasteiger partial charge in [0, 0.05) is 36.2 Å². The lowest BCUT2D eigenvalue weighted by molar-refractivity contribution is -0.125. The number of hydrogen-bond donors (Lipinski definition) is 1. The van der Waals surface area contributed by atoms with E-state index in [1.54, 1.807) is 17.1 Å². The molecule has 5 rings (SSSR count). The summed E-state index contributed by atoms with van der Waals surface area (Å²) in [6, 6.07) is 17.2. The number of nitrogens with zero attached hydrogens (tertiary/aromatic N) is 5. The summed E-state index contributed by atoms with van der Waals surface area (Å²) in [6.45, 7) is 1.62. The molecule has 1 aliphatic heterocycles. The van der Waals surface area contributed by atoms with E-state index >= 15 is 0 Å². The van der Waals surface area contributed by atoms with Crippen LogP contribution in [0.3, 0.4) is 0 Å². The first-order chi connectivity index (χ1) is 18.0. The van der Waals surface area contributed by atoms with Gasteiger partial charge in [-0.25, -0.2) is 9.48 Å². The van der Waals surface area contributed by atoms with Gasteiger partial charge in [-0.1, -0.05) is 53.2 Å². The van der Waals surface area contributed by atoms with Crippen LogP contribution in [0.5, 0.6) is 0 Å². The molecule has 2 aromatic heterocycles. The average Bonchev–Trinajstić information content (AvgIpc) is 3.56. The molecular formula is C27H27ClN6O3. The molecule has 4 aromatic rings. The average molecular weight is 519 g/mol. The molecule has 1 fully saturated rings. The van der Waals surface area contributed by atoms with E-state index in [0.29, 0.717) is 37.5 Å². The molecule has 37 heavy (non-hydrogen) atoms. The number of esters is 1. The van der Waals surface area contributed by atoms with Gasteiger partial charge in [-0.3, -0.25) is 14.7 Å². The minimum absolute atomic E-state index is 0.0500. The van der Waals surface area contributed by atoms with E-state index in [2.05, 4.69) is 25.5 Å². The van der Waals surface area contributed by atoms with Crippen molar-refractivity contribution in [3.05, 3.63) is 88.8 Å². The normalized spacial score (nSPS) is 17.7. The maximum absolute atomic E-state index is 13.4. The topological polar surface area (TPSA) is 102 Å². The SMILES string of the molecule is COC(=O)c1cn([C@@H]2C[C@@H](C(=O)NCCc3cccc(Cl)c3)N(Cc3cccc4cccnc34)C2)nn1. The lowest BCUT2D eigenvalue weighted by atomic mass is 10.1. The van der Waals surface area contributed by atoms with Gasteiger partial charge in [-0.15, -0.1) is 5.10 Å². The Bertz CT molecular complexity index is 1420. The number of fused-ring (bicyclic) bond motifs is 1. The molecule has 0 unspecified atom stereocenters. The highest BCUT2D eigenvalue weighted by Crippen LogP contribution is 2.30. The molecule has 3 heterocycles. The summed E-state index contributed by atoms with van der Waals surface area (Å²) in [4.78, 5) is 32.0. The number of benzene rings is 2. The minimum Gasteiger partial charge on any atom is -0.464 e. The van der Waals surface area contributed by atoms with Crippen molar-refractivity contribution in [2.24, 2.45) is 0 Å². The van der Waals surface area contributed by atoms with Gasteiger partial charge in [0.2, 0.25) is 5.91 Å². The van der Waals surface area contributed by atoms with Crippen LogP contribution in [0.4, 0.5) is 0 Å². The number of hydrogen-bond acceptors (Lipinski definition) is 7. The zero-order valence-corrected chi connectivity index (χ0v) is 21.1. The van der Waals surface area contributed by atoms with E-state index in [4.69, 9.17) is 16.3 Å². The fraction of sp³-hybridized carbons (Fsp3) is 0.296. The Hall–Kier alpha value is -3.82. The Morgan fingerprint density at radius 2 is 2.00 bits per heavy atom. The van der Waals surface area contributed by atoms with Crippen LogP contribution in [0, 0.1) is 0 Å². The number of rotatable bonds is 8. The number of methoxy groups -OCH3 is 1. The van der Waals surface area contributed by atoms with Gasteiger partial charge in [-0.05, 0) is 42.2 Å². The zero-order chi connectivity index (χ0) is 25.8. The number of nitrogens with one attached hydrogen (secondary N) is 1. The zero-order valence-electron chi connectivity index (χ0n) is 20.4. The fourth-order valence-corrected chi connectivity index (χ4v) is 5.04. The van der Waals surface area contributed by atoms with Gasteiger partial charge in [0.05, 0.1) is 30.9 Å². The monoisotopic (exact) mass is 518 g/mol. The third-order valence-corrected chi connectivity index (χ3v) is 6.89. The van der Waals surface area contributed by atoms with Crippen LogP contribution in [0.2, 0.25) is 5.02 Å². The largest absolute Gasteiger partial charge is 0.464 e. The predicted molar refractivity (Wildman–Crippen MR) is 139 cm³/mol. The van der Waals surface area contributed by atoms with Gasteiger partial charge < -0.3 is 10.1 Å². The molecule has 1 saturated heterocycles. The Labute approximate surface area is 219 Å². The van der Waals surface area contributed by atoms with E-state index in [9.17, 15) is 9.59 Å². The maximum Gasteiger partial charge on any atom is 0.360 e. The lowest BCUT2D eigenvalue weighted by Crippen LogP contribution is -2.43. The van der Waals surface area contributed by atoms with E-state index in [1.165, 1.54) is 7.11 Å². The Morgan fingerprint density at radius 3 is 2.84 bits per heavy atom. The Balaban J connectivity index is 1.34. The van der Waals surface area contributed by atoms with Crippen LogP contribution in [0.15, 0.2) is 67.0 Å². The van der Waals surface area contributed by atoms with Crippen LogP contribution in [-0.4, -0.2) is 63.0 Å². The molecule has 10 heteroatoms. The van der Waals surface area contributed by atoms with Gasteiger partial charge in [0.1, 0.15) is 0 Å². The smallest absolute Gasteiger partial charge is 0.360 e. The molecule has 0 spiro atoms. The molecule has 0 saturated carbocycles. The van der Waals surface area contributed by atoms with E-state index in [1.807, 2.05) is 54.6 Å². The number of pyridine rings is 1. The number of halogens is 1. The second-order valence-corrected chi connectivity index (χ2v) is 9.51. The molecule has 190 valence electrons. The molecule has 1 N–H and O–H groups in total. The van der Waals surface area contributed by atoms with Crippen molar-refractivity contribution in [3.8, 4) is 0 Å². The number of carbonyl (C=O) groups excluding carboxylic acids is 2. The van der Waals surface area contributed by atoms with Crippen LogP contribution in [0.25, 0.3) is 10.9 Å². The fourth-order valence-electron chi connectivity index (χ4n) is 4.83. The first-order valence-electron chi connectivity index (χ1n) is 12.1. The quantitative estimate of drug-likeness (QED) is 0.356. The summed E-state index contributed by atoms with van der Waals surface area (Å²) in [7, 11) is 1.31. The molecule has 1 aliphatic rings. The number of amides is 1. The molecular weight excluding hydrogens is 492 g/mol. The summed E-state index contributed by atoms with van der Waals surface area (Å²) < 4.78 is 6.41.